The Labute approximate surface area is 161 Å². The molecule has 0 saturated carbocycles. The topological polar surface area (TPSA) is 40.6 Å². The van der Waals surface area contributed by atoms with Gasteiger partial charge in [0, 0.05) is 38.2 Å². The lowest BCUT2D eigenvalue weighted by Gasteiger charge is -2.23. The van der Waals surface area contributed by atoms with Gasteiger partial charge in [0.25, 0.3) is 5.91 Å². The van der Waals surface area contributed by atoms with Gasteiger partial charge in [-0.1, -0.05) is 56.3 Å². The molecule has 0 unspecified atom stereocenters. The minimum Gasteiger partial charge on any atom is -0.341 e. The van der Waals surface area contributed by atoms with Crippen molar-refractivity contribution >= 4 is 11.8 Å². The molecule has 0 spiro atoms. The summed E-state index contributed by atoms with van der Waals surface area (Å²) < 4.78 is 0. The van der Waals surface area contributed by atoms with Crippen LogP contribution in [0.25, 0.3) is 11.1 Å². The van der Waals surface area contributed by atoms with Crippen molar-refractivity contribution in [3.05, 3.63) is 60.2 Å². The fraction of sp³-hybridized carbons (Fsp3) is 0.391. The number of nitrogens with zero attached hydrogens (tertiary/aromatic N) is 2. The van der Waals surface area contributed by atoms with Gasteiger partial charge in [0.1, 0.15) is 0 Å². The Morgan fingerprint density at radius 3 is 2.26 bits per heavy atom. The summed E-state index contributed by atoms with van der Waals surface area (Å²) in [5.41, 5.74) is 2.86. The van der Waals surface area contributed by atoms with Crippen molar-refractivity contribution < 1.29 is 9.59 Å². The van der Waals surface area contributed by atoms with E-state index in [1.807, 2.05) is 64.4 Å². The molecule has 1 saturated heterocycles. The Bertz CT molecular complexity index is 786. The van der Waals surface area contributed by atoms with Crippen molar-refractivity contribution in [2.24, 2.45) is 5.92 Å². The predicted molar refractivity (Wildman–Crippen MR) is 108 cm³/mol. The number of carbonyl (C=O) groups excluding carboxylic acids is 2. The number of amides is 2. The van der Waals surface area contributed by atoms with Gasteiger partial charge in [0.2, 0.25) is 5.91 Å². The van der Waals surface area contributed by atoms with Crippen molar-refractivity contribution in [1.82, 2.24) is 9.80 Å². The molecule has 0 atom stereocenters. The maximum atomic E-state index is 13.0. The summed E-state index contributed by atoms with van der Waals surface area (Å²) in [5.74, 6) is 0.607. The van der Waals surface area contributed by atoms with Crippen molar-refractivity contribution in [3.63, 3.8) is 0 Å². The molecule has 3 rings (SSSR count). The van der Waals surface area contributed by atoms with E-state index < -0.39 is 0 Å². The summed E-state index contributed by atoms with van der Waals surface area (Å²) in [6.07, 6.45) is 1.40. The third-order valence-corrected chi connectivity index (χ3v) is 4.94. The predicted octanol–water partition coefficient (Wildman–Crippen LogP) is 4.07. The summed E-state index contributed by atoms with van der Waals surface area (Å²) in [6.45, 7) is 6.77. The van der Waals surface area contributed by atoms with E-state index >= 15 is 0 Å². The smallest absolute Gasteiger partial charge is 0.253 e. The standard InChI is InChI=1S/C23H28N2O2/c1-18(2)16-22(26)24-12-7-13-25(15-14-24)23(27)21-11-6-10-20(17-21)19-8-4-3-5-9-19/h3-6,8-11,17-18H,7,12-16H2,1-2H3. The summed E-state index contributed by atoms with van der Waals surface area (Å²) in [4.78, 5) is 29.1. The number of hydrogen-bond acceptors (Lipinski definition) is 2. The maximum absolute atomic E-state index is 13.0. The molecule has 0 N–H and O–H groups in total. The lowest BCUT2D eigenvalue weighted by molar-refractivity contribution is -0.131. The Morgan fingerprint density at radius 1 is 0.852 bits per heavy atom. The average molecular weight is 364 g/mol. The zero-order valence-electron chi connectivity index (χ0n) is 16.2. The molecule has 0 aliphatic carbocycles. The highest BCUT2D eigenvalue weighted by Gasteiger charge is 2.23. The first-order chi connectivity index (χ1) is 13.0. The largest absolute Gasteiger partial charge is 0.341 e. The summed E-state index contributed by atoms with van der Waals surface area (Å²) in [6, 6.07) is 17.9. The van der Waals surface area contributed by atoms with E-state index in [4.69, 9.17) is 0 Å². The molecule has 1 heterocycles. The SMILES string of the molecule is CC(C)CC(=O)N1CCCN(C(=O)c2cccc(-c3ccccc3)c2)CC1. The molecule has 4 nitrogen and oxygen atoms in total. The molecule has 0 bridgehead atoms. The zero-order chi connectivity index (χ0) is 19.2. The fourth-order valence-corrected chi connectivity index (χ4v) is 3.49. The molecule has 142 valence electrons. The molecule has 1 fully saturated rings. The van der Waals surface area contributed by atoms with Crippen LogP contribution in [0.5, 0.6) is 0 Å². The molecule has 27 heavy (non-hydrogen) atoms. The van der Waals surface area contributed by atoms with Crippen molar-refractivity contribution in [2.45, 2.75) is 26.7 Å². The third kappa shape index (κ3) is 4.97. The van der Waals surface area contributed by atoms with Crippen molar-refractivity contribution in [3.8, 4) is 11.1 Å². The quantitative estimate of drug-likeness (QED) is 0.820. The maximum Gasteiger partial charge on any atom is 0.253 e. The molecule has 2 aromatic carbocycles. The summed E-state index contributed by atoms with van der Waals surface area (Å²) in [5, 5.41) is 0. The lowest BCUT2D eigenvalue weighted by atomic mass is 10.0. The molecule has 4 heteroatoms. The van der Waals surface area contributed by atoms with Gasteiger partial charge in [0.05, 0.1) is 0 Å². The summed E-state index contributed by atoms with van der Waals surface area (Å²) >= 11 is 0. The summed E-state index contributed by atoms with van der Waals surface area (Å²) in [7, 11) is 0. The van der Waals surface area contributed by atoms with Crippen LogP contribution < -0.4 is 0 Å². The number of carbonyl (C=O) groups is 2. The first-order valence-corrected chi connectivity index (χ1v) is 9.77. The molecule has 1 aliphatic heterocycles. The monoisotopic (exact) mass is 364 g/mol. The lowest BCUT2D eigenvalue weighted by Crippen LogP contribution is -2.37. The second-order valence-corrected chi connectivity index (χ2v) is 7.57. The highest BCUT2D eigenvalue weighted by atomic mass is 16.2. The van der Waals surface area contributed by atoms with E-state index in [0.717, 1.165) is 24.1 Å². The van der Waals surface area contributed by atoms with Crippen LogP contribution in [0.4, 0.5) is 0 Å². The molecular weight excluding hydrogens is 336 g/mol. The molecule has 2 amide bonds. The number of hydrogen-bond donors (Lipinski definition) is 0. The van der Waals surface area contributed by atoms with Crippen LogP contribution in [-0.4, -0.2) is 47.8 Å². The van der Waals surface area contributed by atoms with Gasteiger partial charge in [-0.25, -0.2) is 0 Å². The van der Waals surface area contributed by atoms with E-state index in [-0.39, 0.29) is 11.8 Å². The van der Waals surface area contributed by atoms with E-state index in [0.29, 0.717) is 37.5 Å². The average Bonchev–Trinajstić information content (AvgIpc) is 2.94. The third-order valence-electron chi connectivity index (χ3n) is 4.94. The van der Waals surface area contributed by atoms with Gasteiger partial charge in [-0.15, -0.1) is 0 Å². The molecule has 0 aromatic heterocycles. The Kier molecular flexibility index (Phi) is 6.28. The second kappa shape index (κ2) is 8.85. The fourth-order valence-electron chi connectivity index (χ4n) is 3.49. The van der Waals surface area contributed by atoms with E-state index in [1.165, 1.54) is 0 Å². The van der Waals surface area contributed by atoms with Crippen LogP contribution in [0.3, 0.4) is 0 Å². The van der Waals surface area contributed by atoms with Gasteiger partial charge >= 0.3 is 0 Å². The van der Waals surface area contributed by atoms with Crippen LogP contribution in [0.1, 0.15) is 37.0 Å². The highest BCUT2D eigenvalue weighted by molar-refractivity contribution is 5.95. The van der Waals surface area contributed by atoms with Crippen molar-refractivity contribution in [1.29, 1.82) is 0 Å². The first-order valence-electron chi connectivity index (χ1n) is 9.77. The van der Waals surface area contributed by atoms with Crippen molar-refractivity contribution in [2.75, 3.05) is 26.2 Å². The van der Waals surface area contributed by atoms with Gasteiger partial charge in [-0.2, -0.15) is 0 Å². The molecule has 0 radical (unpaired) electrons. The van der Waals surface area contributed by atoms with Gasteiger partial charge in [-0.05, 0) is 35.6 Å². The second-order valence-electron chi connectivity index (χ2n) is 7.57. The minimum absolute atomic E-state index is 0.0472. The minimum atomic E-state index is 0.0472. The van der Waals surface area contributed by atoms with E-state index in [1.54, 1.807) is 0 Å². The Morgan fingerprint density at radius 2 is 1.52 bits per heavy atom. The Balaban J connectivity index is 1.69. The molecular formula is C23H28N2O2. The van der Waals surface area contributed by atoms with E-state index in [9.17, 15) is 9.59 Å². The zero-order valence-corrected chi connectivity index (χ0v) is 16.2. The van der Waals surface area contributed by atoms with Crippen LogP contribution in [0.15, 0.2) is 54.6 Å². The first kappa shape index (κ1) is 19.2. The highest BCUT2D eigenvalue weighted by Crippen LogP contribution is 2.21. The van der Waals surface area contributed by atoms with Crippen LogP contribution in [0, 0.1) is 5.92 Å². The molecule has 2 aromatic rings. The number of benzene rings is 2. The van der Waals surface area contributed by atoms with Crippen LogP contribution >= 0.6 is 0 Å². The van der Waals surface area contributed by atoms with E-state index in [2.05, 4.69) is 13.8 Å². The van der Waals surface area contributed by atoms with Crippen LogP contribution in [0.2, 0.25) is 0 Å². The van der Waals surface area contributed by atoms with Gasteiger partial charge in [-0.3, -0.25) is 9.59 Å². The molecule has 1 aliphatic rings. The van der Waals surface area contributed by atoms with Gasteiger partial charge < -0.3 is 9.80 Å². The van der Waals surface area contributed by atoms with Gasteiger partial charge in [0.15, 0.2) is 0 Å². The van der Waals surface area contributed by atoms with Crippen LogP contribution in [-0.2, 0) is 4.79 Å². The normalized spacial score (nSPS) is 14.9. The Hall–Kier alpha value is -2.62. The number of rotatable bonds is 4.